The van der Waals surface area contributed by atoms with Gasteiger partial charge in [-0.3, -0.25) is 0 Å². The Kier molecular flexibility index (Phi) is 4.46. The van der Waals surface area contributed by atoms with Crippen LogP contribution in [0.15, 0.2) is 30.3 Å². The van der Waals surface area contributed by atoms with Crippen molar-refractivity contribution in [2.45, 2.75) is 40.0 Å². The van der Waals surface area contributed by atoms with Crippen LogP contribution in [0.2, 0.25) is 0 Å². The zero-order valence-electron chi connectivity index (χ0n) is 13.5. The number of aromatic nitrogens is 2. The van der Waals surface area contributed by atoms with Gasteiger partial charge in [-0.15, -0.1) is 0 Å². The van der Waals surface area contributed by atoms with Crippen LogP contribution in [0.25, 0.3) is 0 Å². The molecule has 1 heterocycles. The van der Waals surface area contributed by atoms with E-state index in [0.717, 1.165) is 29.7 Å². The van der Waals surface area contributed by atoms with Gasteiger partial charge in [0.1, 0.15) is 17.5 Å². The number of anilines is 3. The number of hydrogen-bond donors (Lipinski definition) is 2. The van der Waals surface area contributed by atoms with Gasteiger partial charge in [-0.25, -0.2) is 9.97 Å². The first-order valence-electron chi connectivity index (χ1n) is 7.35. The minimum atomic E-state index is -0.0888. The molecule has 0 aliphatic carbocycles. The predicted octanol–water partition coefficient (Wildman–Crippen LogP) is 4.26. The number of nitrogens with one attached hydrogen (secondary N) is 2. The second kappa shape index (κ2) is 6.12. The van der Waals surface area contributed by atoms with Crippen LogP contribution >= 0.6 is 0 Å². The van der Waals surface area contributed by atoms with Gasteiger partial charge in [0.15, 0.2) is 0 Å². The van der Waals surface area contributed by atoms with E-state index in [1.54, 1.807) is 0 Å². The highest BCUT2D eigenvalue weighted by Gasteiger charge is 2.19. The van der Waals surface area contributed by atoms with E-state index in [2.05, 4.69) is 67.4 Å². The molecular weight excluding hydrogens is 260 g/mol. The molecule has 0 saturated heterocycles. The van der Waals surface area contributed by atoms with Gasteiger partial charge in [0, 0.05) is 23.7 Å². The van der Waals surface area contributed by atoms with E-state index < -0.39 is 0 Å². The fourth-order valence-corrected chi connectivity index (χ4v) is 1.99. The Labute approximate surface area is 127 Å². The van der Waals surface area contributed by atoms with E-state index >= 15 is 0 Å². The highest BCUT2D eigenvalue weighted by atomic mass is 15.1. The average molecular weight is 284 g/mol. The Morgan fingerprint density at radius 3 is 2.38 bits per heavy atom. The standard InChI is InChI=1S/C17H24N4/c1-6-18-14-11-15(21-16(20-14)17(3,4)5)19-13-9-7-8-12(2)10-13/h7-11H,6H2,1-5H3,(H2,18,19,20,21). The average Bonchev–Trinajstić information content (AvgIpc) is 2.37. The van der Waals surface area contributed by atoms with E-state index in [-0.39, 0.29) is 5.41 Å². The highest BCUT2D eigenvalue weighted by molar-refractivity contribution is 5.60. The fraction of sp³-hybridized carbons (Fsp3) is 0.412. The van der Waals surface area contributed by atoms with Crippen molar-refractivity contribution in [3.8, 4) is 0 Å². The van der Waals surface area contributed by atoms with Gasteiger partial charge in [-0.2, -0.15) is 0 Å². The summed E-state index contributed by atoms with van der Waals surface area (Å²) in [4.78, 5) is 9.24. The molecule has 0 unspecified atom stereocenters. The Morgan fingerprint density at radius 1 is 1.05 bits per heavy atom. The first-order valence-corrected chi connectivity index (χ1v) is 7.35. The van der Waals surface area contributed by atoms with Crippen LogP contribution in [-0.2, 0) is 5.41 Å². The molecule has 1 aromatic heterocycles. The second-order valence-corrected chi connectivity index (χ2v) is 6.24. The minimum absolute atomic E-state index is 0.0888. The molecule has 2 rings (SSSR count). The Hall–Kier alpha value is -2.10. The van der Waals surface area contributed by atoms with Gasteiger partial charge < -0.3 is 10.6 Å². The highest BCUT2D eigenvalue weighted by Crippen LogP contribution is 2.24. The Morgan fingerprint density at radius 2 is 1.76 bits per heavy atom. The maximum Gasteiger partial charge on any atom is 0.138 e. The van der Waals surface area contributed by atoms with Crippen molar-refractivity contribution in [2.24, 2.45) is 0 Å². The summed E-state index contributed by atoms with van der Waals surface area (Å²) >= 11 is 0. The number of hydrogen-bond acceptors (Lipinski definition) is 4. The number of rotatable bonds is 4. The molecule has 0 amide bonds. The summed E-state index contributed by atoms with van der Waals surface area (Å²) in [5, 5.41) is 6.63. The smallest absolute Gasteiger partial charge is 0.138 e. The van der Waals surface area contributed by atoms with Crippen molar-refractivity contribution in [2.75, 3.05) is 17.2 Å². The lowest BCUT2D eigenvalue weighted by molar-refractivity contribution is 0.547. The molecule has 0 bridgehead atoms. The largest absolute Gasteiger partial charge is 0.370 e. The van der Waals surface area contributed by atoms with Gasteiger partial charge >= 0.3 is 0 Å². The van der Waals surface area contributed by atoms with Crippen molar-refractivity contribution in [3.05, 3.63) is 41.7 Å². The maximum atomic E-state index is 4.65. The maximum absolute atomic E-state index is 4.65. The Bertz CT molecular complexity index is 614. The van der Waals surface area contributed by atoms with Crippen molar-refractivity contribution in [1.82, 2.24) is 9.97 Å². The van der Waals surface area contributed by atoms with Crippen LogP contribution in [-0.4, -0.2) is 16.5 Å². The van der Waals surface area contributed by atoms with Gasteiger partial charge in [-0.1, -0.05) is 32.9 Å². The van der Waals surface area contributed by atoms with Crippen LogP contribution in [0.5, 0.6) is 0 Å². The predicted molar refractivity (Wildman–Crippen MR) is 89.4 cm³/mol. The van der Waals surface area contributed by atoms with Gasteiger partial charge in [0.25, 0.3) is 0 Å². The van der Waals surface area contributed by atoms with Crippen molar-refractivity contribution < 1.29 is 0 Å². The van der Waals surface area contributed by atoms with E-state index in [1.807, 2.05) is 18.2 Å². The summed E-state index contributed by atoms with van der Waals surface area (Å²) in [5.41, 5.74) is 2.17. The number of nitrogens with zero attached hydrogens (tertiary/aromatic N) is 2. The number of aryl methyl sites for hydroxylation is 1. The lowest BCUT2D eigenvalue weighted by Gasteiger charge is -2.19. The molecule has 1 aromatic carbocycles. The number of benzene rings is 1. The third-order valence-electron chi connectivity index (χ3n) is 3.05. The molecule has 21 heavy (non-hydrogen) atoms. The summed E-state index contributed by atoms with van der Waals surface area (Å²) < 4.78 is 0. The first-order chi connectivity index (χ1) is 9.88. The summed E-state index contributed by atoms with van der Waals surface area (Å²) in [6, 6.07) is 10.2. The molecular formula is C17H24N4. The third kappa shape index (κ3) is 4.18. The summed E-state index contributed by atoms with van der Waals surface area (Å²) in [7, 11) is 0. The van der Waals surface area contributed by atoms with Crippen LogP contribution in [0.1, 0.15) is 39.1 Å². The molecule has 0 radical (unpaired) electrons. The molecule has 4 nitrogen and oxygen atoms in total. The second-order valence-electron chi connectivity index (χ2n) is 6.24. The minimum Gasteiger partial charge on any atom is -0.370 e. The van der Waals surface area contributed by atoms with Crippen molar-refractivity contribution in [1.29, 1.82) is 0 Å². The Balaban J connectivity index is 2.35. The monoisotopic (exact) mass is 284 g/mol. The SMILES string of the molecule is CCNc1cc(Nc2cccc(C)c2)nc(C(C)(C)C)n1. The lowest BCUT2D eigenvalue weighted by atomic mass is 9.96. The molecule has 0 aliphatic heterocycles. The van der Waals surface area contributed by atoms with Crippen LogP contribution in [0.4, 0.5) is 17.3 Å². The van der Waals surface area contributed by atoms with Crippen LogP contribution < -0.4 is 10.6 Å². The van der Waals surface area contributed by atoms with Crippen molar-refractivity contribution in [3.63, 3.8) is 0 Å². The first kappa shape index (κ1) is 15.3. The van der Waals surface area contributed by atoms with E-state index in [9.17, 15) is 0 Å². The van der Waals surface area contributed by atoms with E-state index in [1.165, 1.54) is 5.56 Å². The zero-order valence-corrected chi connectivity index (χ0v) is 13.5. The molecule has 0 saturated carbocycles. The normalized spacial score (nSPS) is 11.3. The van der Waals surface area contributed by atoms with Crippen LogP contribution in [0, 0.1) is 6.92 Å². The summed E-state index contributed by atoms with van der Waals surface area (Å²) in [6.07, 6.45) is 0. The third-order valence-corrected chi connectivity index (χ3v) is 3.05. The molecule has 112 valence electrons. The van der Waals surface area contributed by atoms with E-state index in [0.29, 0.717) is 0 Å². The molecule has 0 fully saturated rings. The van der Waals surface area contributed by atoms with Gasteiger partial charge in [0.05, 0.1) is 0 Å². The topological polar surface area (TPSA) is 49.8 Å². The zero-order chi connectivity index (χ0) is 15.5. The quantitative estimate of drug-likeness (QED) is 0.881. The molecule has 0 aliphatic rings. The molecule has 2 aromatic rings. The van der Waals surface area contributed by atoms with Gasteiger partial charge in [-0.05, 0) is 31.5 Å². The van der Waals surface area contributed by atoms with Crippen LogP contribution in [0.3, 0.4) is 0 Å². The van der Waals surface area contributed by atoms with Gasteiger partial charge in [0.2, 0.25) is 0 Å². The molecule has 0 spiro atoms. The van der Waals surface area contributed by atoms with Crippen molar-refractivity contribution >= 4 is 17.3 Å². The molecule has 4 heteroatoms. The molecule has 0 atom stereocenters. The van der Waals surface area contributed by atoms with E-state index in [4.69, 9.17) is 0 Å². The summed E-state index contributed by atoms with van der Waals surface area (Å²) in [6.45, 7) is 11.3. The lowest BCUT2D eigenvalue weighted by Crippen LogP contribution is -2.18. The fourth-order valence-electron chi connectivity index (χ4n) is 1.99. The summed E-state index contributed by atoms with van der Waals surface area (Å²) in [5.74, 6) is 2.50. The molecule has 2 N–H and O–H groups in total.